The Morgan fingerprint density at radius 3 is 2.26 bits per heavy atom. The van der Waals surface area contributed by atoms with E-state index < -0.39 is 0 Å². The minimum Gasteiger partial charge on any atom is -0.312 e. The Morgan fingerprint density at radius 2 is 1.79 bits per heavy atom. The first-order chi connectivity index (χ1) is 9.22. The van der Waals surface area contributed by atoms with Crippen LogP contribution in [0.25, 0.3) is 4.95 Å². The summed E-state index contributed by atoms with van der Waals surface area (Å²) < 4.78 is 0. The third kappa shape index (κ3) is 4.32. The average Bonchev–Trinajstić information content (AvgIpc) is 2.45. The van der Waals surface area contributed by atoms with E-state index in [9.17, 15) is 4.79 Å². The molecule has 0 aliphatic heterocycles. The van der Waals surface area contributed by atoms with Gasteiger partial charge in [-0.25, -0.2) is 4.79 Å². The number of urea groups is 1. The first-order valence-corrected chi connectivity index (χ1v) is 5.92. The van der Waals surface area contributed by atoms with Crippen molar-refractivity contribution in [2.24, 2.45) is 0 Å². The van der Waals surface area contributed by atoms with Crippen molar-refractivity contribution in [2.45, 2.75) is 6.54 Å². The Balaban J connectivity index is 2.78. The van der Waals surface area contributed by atoms with Gasteiger partial charge >= 0.3 is 6.03 Å². The van der Waals surface area contributed by atoms with E-state index in [-0.39, 0.29) is 12.6 Å². The van der Waals surface area contributed by atoms with Crippen molar-refractivity contribution in [2.75, 3.05) is 13.1 Å². The molecule has 1 rings (SSSR count). The van der Waals surface area contributed by atoms with Crippen LogP contribution in [0.5, 0.6) is 0 Å². The SMILES string of the molecule is [C-]#[N+]N(Cc1ccccc1)C(=O)N(CC=C)CC=C. The molecule has 4 heteroatoms. The first-order valence-electron chi connectivity index (χ1n) is 5.92. The fourth-order valence-electron chi connectivity index (χ4n) is 1.61. The summed E-state index contributed by atoms with van der Waals surface area (Å²) in [5.74, 6) is 0. The third-order valence-corrected chi connectivity index (χ3v) is 2.49. The van der Waals surface area contributed by atoms with Crippen LogP contribution in [0.15, 0.2) is 55.6 Å². The van der Waals surface area contributed by atoms with Crippen molar-refractivity contribution in [3.63, 3.8) is 0 Å². The lowest BCUT2D eigenvalue weighted by atomic mass is 10.2. The smallest absolute Gasteiger partial charge is 0.312 e. The second kappa shape index (κ2) is 7.72. The van der Waals surface area contributed by atoms with E-state index >= 15 is 0 Å². The van der Waals surface area contributed by atoms with Gasteiger partial charge in [-0.05, 0) is 10.6 Å². The molecule has 0 fully saturated rings. The van der Waals surface area contributed by atoms with E-state index in [0.29, 0.717) is 13.1 Å². The van der Waals surface area contributed by atoms with Gasteiger partial charge in [-0.15, -0.1) is 13.2 Å². The van der Waals surface area contributed by atoms with Crippen LogP contribution in [-0.2, 0) is 6.54 Å². The van der Waals surface area contributed by atoms with Crippen LogP contribution < -0.4 is 0 Å². The molecule has 98 valence electrons. The van der Waals surface area contributed by atoms with Crippen LogP contribution >= 0.6 is 0 Å². The number of hydrogen-bond donors (Lipinski definition) is 0. The lowest BCUT2D eigenvalue weighted by molar-refractivity contribution is 0.176. The zero-order valence-electron chi connectivity index (χ0n) is 10.8. The Morgan fingerprint density at radius 1 is 1.21 bits per heavy atom. The lowest BCUT2D eigenvalue weighted by Gasteiger charge is -2.20. The van der Waals surface area contributed by atoms with E-state index in [0.717, 1.165) is 10.6 Å². The van der Waals surface area contributed by atoms with Crippen molar-refractivity contribution in [1.29, 1.82) is 0 Å². The lowest BCUT2D eigenvalue weighted by Crippen LogP contribution is -2.39. The van der Waals surface area contributed by atoms with Crippen molar-refractivity contribution in [3.8, 4) is 0 Å². The number of rotatable bonds is 6. The molecule has 0 radical (unpaired) electrons. The molecule has 0 unspecified atom stereocenters. The largest absolute Gasteiger partial charge is 0.386 e. The standard InChI is InChI=1S/C15H17N3O/c1-4-11-17(12-5-2)15(19)18(16-3)13-14-9-7-6-8-10-14/h4-10H,1-2,11-13H2. The van der Waals surface area contributed by atoms with Gasteiger partial charge in [-0.1, -0.05) is 42.5 Å². The van der Waals surface area contributed by atoms with Crippen LogP contribution in [0.1, 0.15) is 5.56 Å². The topological polar surface area (TPSA) is 27.9 Å². The highest BCUT2D eigenvalue weighted by Gasteiger charge is 2.23. The Hall–Kier alpha value is -2.54. The van der Waals surface area contributed by atoms with E-state index in [4.69, 9.17) is 6.57 Å². The second-order valence-electron chi connectivity index (χ2n) is 3.91. The summed E-state index contributed by atoms with van der Waals surface area (Å²) in [4.78, 5) is 17.0. The maximum absolute atomic E-state index is 12.2. The van der Waals surface area contributed by atoms with Crippen molar-refractivity contribution >= 4 is 6.03 Å². The summed E-state index contributed by atoms with van der Waals surface area (Å²) in [5.41, 5.74) is 0.920. The summed E-state index contributed by atoms with van der Waals surface area (Å²) in [6.45, 7) is 15.4. The van der Waals surface area contributed by atoms with Gasteiger partial charge in [0.05, 0.1) is 0 Å². The van der Waals surface area contributed by atoms with E-state index in [1.807, 2.05) is 30.3 Å². The molecule has 0 aliphatic carbocycles. The number of nitrogens with zero attached hydrogens (tertiary/aromatic N) is 3. The fourth-order valence-corrected chi connectivity index (χ4v) is 1.61. The number of carbonyl (C=O) groups is 1. The quantitative estimate of drug-likeness (QED) is 0.436. The van der Waals surface area contributed by atoms with E-state index in [2.05, 4.69) is 18.1 Å². The van der Waals surface area contributed by atoms with Gasteiger partial charge in [0, 0.05) is 13.1 Å². The maximum Gasteiger partial charge on any atom is 0.386 e. The summed E-state index contributed by atoms with van der Waals surface area (Å²) in [5, 5.41) is 1.11. The molecule has 0 aromatic heterocycles. The Bertz CT molecular complexity index is 466. The number of amides is 2. The number of benzene rings is 1. The average molecular weight is 255 g/mol. The van der Waals surface area contributed by atoms with Gasteiger partial charge < -0.3 is 4.90 Å². The number of carbonyl (C=O) groups excluding carboxylic acids is 1. The van der Waals surface area contributed by atoms with Gasteiger partial charge in [-0.2, -0.15) is 11.5 Å². The van der Waals surface area contributed by atoms with Gasteiger partial charge in [-0.3, -0.25) is 0 Å². The van der Waals surface area contributed by atoms with Gasteiger partial charge in [0.2, 0.25) is 0 Å². The molecule has 1 aromatic carbocycles. The minimum absolute atomic E-state index is 0.272. The minimum atomic E-state index is -0.335. The third-order valence-electron chi connectivity index (χ3n) is 2.49. The van der Waals surface area contributed by atoms with Crippen LogP contribution in [0.2, 0.25) is 0 Å². The zero-order chi connectivity index (χ0) is 14.1. The van der Waals surface area contributed by atoms with E-state index in [1.165, 1.54) is 4.90 Å². The van der Waals surface area contributed by atoms with Crippen LogP contribution in [0.3, 0.4) is 0 Å². The predicted molar refractivity (Wildman–Crippen MR) is 76.0 cm³/mol. The molecule has 0 saturated heterocycles. The monoisotopic (exact) mass is 255 g/mol. The highest BCUT2D eigenvalue weighted by atomic mass is 16.2. The van der Waals surface area contributed by atoms with Crippen LogP contribution in [-0.4, -0.2) is 29.0 Å². The van der Waals surface area contributed by atoms with Crippen molar-refractivity contribution in [1.82, 2.24) is 9.91 Å². The molecule has 0 spiro atoms. The second-order valence-corrected chi connectivity index (χ2v) is 3.91. The zero-order valence-corrected chi connectivity index (χ0v) is 10.8. The van der Waals surface area contributed by atoms with Crippen LogP contribution in [0.4, 0.5) is 4.79 Å². The molecule has 19 heavy (non-hydrogen) atoms. The molecule has 0 heterocycles. The Labute approximate surface area is 114 Å². The predicted octanol–water partition coefficient (Wildman–Crippen LogP) is 3.12. The molecular weight excluding hydrogens is 238 g/mol. The molecule has 0 atom stereocenters. The molecule has 1 aromatic rings. The summed E-state index contributed by atoms with van der Waals surface area (Å²) in [6.07, 6.45) is 3.26. The van der Waals surface area contributed by atoms with Gasteiger partial charge in [0.1, 0.15) is 6.54 Å². The molecule has 0 bridgehead atoms. The molecular formula is C15H17N3O. The Kier molecular flexibility index (Phi) is 5.90. The fraction of sp³-hybridized carbons (Fsp3) is 0.200. The van der Waals surface area contributed by atoms with Crippen molar-refractivity contribution in [3.05, 3.63) is 72.7 Å². The molecule has 0 aliphatic rings. The molecule has 0 N–H and O–H groups in total. The summed E-state index contributed by atoms with van der Waals surface area (Å²) >= 11 is 0. The normalized spacial score (nSPS) is 9.21. The van der Waals surface area contributed by atoms with Crippen LogP contribution in [0, 0.1) is 6.57 Å². The molecule has 2 amide bonds. The van der Waals surface area contributed by atoms with Gasteiger partial charge in [0.25, 0.3) is 0 Å². The highest BCUT2D eigenvalue weighted by Crippen LogP contribution is 2.08. The first kappa shape index (κ1) is 14.5. The molecule has 4 nitrogen and oxygen atoms in total. The summed E-state index contributed by atoms with van der Waals surface area (Å²) in [7, 11) is 0. The molecule has 0 saturated carbocycles. The number of hydrogen-bond acceptors (Lipinski definition) is 1. The highest BCUT2D eigenvalue weighted by molar-refractivity contribution is 5.75. The summed E-state index contributed by atoms with van der Waals surface area (Å²) in [6, 6.07) is 9.10. The van der Waals surface area contributed by atoms with Gasteiger partial charge in [0.15, 0.2) is 0 Å². The van der Waals surface area contributed by atoms with E-state index in [1.54, 1.807) is 12.2 Å². The van der Waals surface area contributed by atoms with Crippen molar-refractivity contribution < 1.29 is 4.79 Å². The maximum atomic E-state index is 12.2.